The summed E-state index contributed by atoms with van der Waals surface area (Å²) in [7, 11) is 0. The molecule has 0 spiro atoms. The molecule has 0 fully saturated rings. The van der Waals surface area contributed by atoms with Crippen molar-refractivity contribution in [2.45, 2.75) is 19.8 Å². The lowest BCUT2D eigenvalue weighted by Gasteiger charge is -1.97. The van der Waals surface area contributed by atoms with Gasteiger partial charge in [-0.25, -0.2) is 0 Å². The fraction of sp³-hybridized carbons (Fsp3) is 0.273. The van der Waals surface area contributed by atoms with E-state index in [0.29, 0.717) is 5.92 Å². The Morgan fingerprint density at radius 1 is 1.21 bits per heavy atom. The van der Waals surface area contributed by atoms with Crippen LogP contribution in [0.3, 0.4) is 0 Å². The van der Waals surface area contributed by atoms with Crippen LogP contribution in [0.25, 0.3) is 10.6 Å². The minimum absolute atomic E-state index is 0.588. The normalized spacial score (nSPS) is 10.8. The maximum absolute atomic E-state index is 4.27. The van der Waals surface area contributed by atoms with Gasteiger partial charge in [0, 0.05) is 17.3 Å². The number of rotatable bonds is 2. The zero-order valence-electron chi connectivity index (χ0n) is 8.27. The van der Waals surface area contributed by atoms with E-state index in [1.54, 1.807) is 29.9 Å². The van der Waals surface area contributed by atoms with Crippen molar-refractivity contribution in [2.75, 3.05) is 0 Å². The molecule has 2 aromatic rings. The fourth-order valence-corrected chi connectivity index (χ4v) is 2.20. The largest absolute Gasteiger partial charge is 0.261 e. The van der Waals surface area contributed by atoms with Crippen molar-refractivity contribution in [1.82, 2.24) is 9.97 Å². The number of hydrogen-bond donors (Lipinski definition) is 0. The van der Waals surface area contributed by atoms with Gasteiger partial charge in [0.2, 0.25) is 0 Å². The molecule has 0 saturated carbocycles. The first kappa shape index (κ1) is 9.34. The molecule has 0 aliphatic rings. The Labute approximate surface area is 87.7 Å². The summed E-state index contributed by atoms with van der Waals surface area (Å²) in [5.74, 6) is 0.588. The lowest BCUT2D eigenvalue weighted by molar-refractivity contribution is 0.890. The molecular formula is C11H12N2S. The van der Waals surface area contributed by atoms with Gasteiger partial charge in [-0.15, -0.1) is 11.3 Å². The molecule has 14 heavy (non-hydrogen) atoms. The molecule has 0 N–H and O–H groups in total. The van der Waals surface area contributed by atoms with E-state index < -0.39 is 0 Å². The second kappa shape index (κ2) is 3.88. The van der Waals surface area contributed by atoms with Gasteiger partial charge in [0.1, 0.15) is 0 Å². The van der Waals surface area contributed by atoms with Gasteiger partial charge in [0.05, 0.1) is 16.8 Å². The second-order valence-electron chi connectivity index (χ2n) is 3.45. The quantitative estimate of drug-likeness (QED) is 0.750. The van der Waals surface area contributed by atoms with Crippen LogP contribution in [0.1, 0.15) is 24.6 Å². The summed E-state index contributed by atoms with van der Waals surface area (Å²) in [6.45, 7) is 4.40. The predicted octanol–water partition coefficient (Wildman–Crippen LogP) is 3.33. The molecule has 0 saturated heterocycles. The maximum Gasteiger partial charge on any atom is 0.0984 e. The number of hydrogen-bond acceptors (Lipinski definition) is 3. The van der Waals surface area contributed by atoms with E-state index in [9.17, 15) is 0 Å². The van der Waals surface area contributed by atoms with E-state index in [4.69, 9.17) is 0 Å². The van der Waals surface area contributed by atoms with Crippen molar-refractivity contribution >= 4 is 11.3 Å². The Balaban J connectivity index is 2.34. The second-order valence-corrected chi connectivity index (χ2v) is 4.56. The lowest BCUT2D eigenvalue weighted by Crippen LogP contribution is -1.80. The lowest BCUT2D eigenvalue weighted by atomic mass is 10.2. The van der Waals surface area contributed by atoms with Crippen molar-refractivity contribution < 1.29 is 0 Å². The average Bonchev–Trinajstić information content (AvgIpc) is 2.68. The topological polar surface area (TPSA) is 25.8 Å². The molecule has 0 unspecified atom stereocenters. The van der Waals surface area contributed by atoms with Gasteiger partial charge in [-0.2, -0.15) is 0 Å². The third-order valence-electron chi connectivity index (χ3n) is 2.01. The highest BCUT2D eigenvalue weighted by Gasteiger charge is 2.06. The Morgan fingerprint density at radius 3 is 2.64 bits per heavy atom. The summed E-state index contributed by atoms with van der Waals surface area (Å²) in [6, 6.07) is 4.28. The molecule has 2 rings (SSSR count). The van der Waals surface area contributed by atoms with Crippen LogP contribution in [0.5, 0.6) is 0 Å². The molecule has 0 amide bonds. The van der Waals surface area contributed by atoms with E-state index in [1.807, 2.05) is 0 Å². The number of nitrogens with zero attached hydrogens (tertiary/aromatic N) is 2. The summed E-state index contributed by atoms with van der Waals surface area (Å²) in [6.07, 6.45) is 5.22. The van der Waals surface area contributed by atoms with E-state index in [2.05, 4.69) is 35.9 Å². The van der Waals surface area contributed by atoms with Crippen LogP contribution in [0.2, 0.25) is 0 Å². The Kier molecular flexibility index (Phi) is 2.59. The molecule has 2 heterocycles. The van der Waals surface area contributed by atoms with E-state index in [-0.39, 0.29) is 0 Å². The maximum atomic E-state index is 4.27. The Bertz CT molecular complexity index is 406. The molecule has 0 aliphatic carbocycles. The third-order valence-corrected chi connectivity index (χ3v) is 3.42. The monoisotopic (exact) mass is 204 g/mol. The molecule has 0 aliphatic heterocycles. The van der Waals surface area contributed by atoms with E-state index in [1.165, 1.54) is 9.75 Å². The van der Waals surface area contributed by atoms with Crippen LogP contribution in [0.4, 0.5) is 0 Å². The zero-order chi connectivity index (χ0) is 9.97. The van der Waals surface area contributed by atoms with Crippen molar-refractivity contribution in [3.05, 3.63) is 35.6 Å². The molecule has 0 aromatic carbocycles. The van der Waals surface area contributed by atoms with Crippen molar-refractivity contribution in [1.29, 1.82) is 0 Å². The molecule has 3 heteroatoms. The Hall–Kier alpha value is -1.22. The van der Waals surface area contributed by atoms with Crippen molar-refractivity contribution in [3.8, 4) is 10.6 Å². The summed E-state index contributed by atoms with van der Waals surface area (Å²) in [5.41, 5.74) is 0.962. The molecule has 2 nitrogen and oxygen atoms in total. The van der Waals surface area contributed by atoms with Crippen LogP contribution in [-0.2, 0) is 0 Å². The highest BCUT2D eigenvalue weighted by atomic mass is 32.1. The van der Waals surface area contributed by atoms with Gasteiger partial charge < -0.3 is 0 Å². The summed E-state index contributed by atoms with van der Waals surface area (Å²) in [5, 5.41) is 0. The molecule has 0 radical (unpaired) electrons. The van der Waals surface area contributed by atoms with Gasteiger partial charge in [-0.05, 0) is 18.1 Å². The SMILES string of the molecule is CC(C)c1ccc(-c2cnccn2)s1. The molecular weight excluding hydrogens is 192 g/mol. The molecule has 2 aromatic heterocycles. The standard InChI is InChI=1S/C11H12N2S/c1-8(2)10-3-4-11(14-10)9-7-12-5-6-13-9/h3-8H,1-2H3. The number of aromatic nitrogens is 2. The van der Waals surface area contributed by atoms with Gasteiger partial charge >= 0.3 is 0 Å². The molecule has 72 valence electrons. The van der Waals surface area contributed by atoms with Crippen LogP contribution in [-0.4, -0.2) is 9.97 Å². The summed E-state index contributed by atoms with van der Waals surface area (Å²) < 4.78 is 0. The van der Waals surface area contributed by atoms with Crippen LogP contribution in [0, 0.1) is 0 Å². The zero-order valence-corrected chi connectivity index (χ0v) is 9.08. The minimum atomic E-state index is 0.588. The number of thiophene rings is 1. The fourth-order valence-electron chi connectivity index (χ4n) is 1.23. The van der Waals surface area contributed by atoms with Crippen molar-refractivity contribution in [2.24, 2.45) is 0 Å². The van der Waals surface area contributed by atoms with E-state index >= 15 is 0 Å². The Morgan fingerprint density at radius 2 is 2.07 bits per heavy atom. The van der Waals surface area contributed by atoms with Crippen LogP contribution < -0.4 is 0 Å². The van der Waals surface area contributed by atoms with Crippen molar-refractivity contribution in [3.63, 3.8) is 0 Å². The predicted molar refractivity (Wildman–Crippen MR) is 59.4 cm³/mol. The van der Waals surface area contributed by atoms with E-state index in [0.717, 1.165) is 5.69 Å². The van der Waals surface area contributed by atoms with Gasteiger partial charge in [0.15, 0.2) is 0 Å². The van der Waals surface area contributed by atoms with Crippen LogP contribution >= 0.6 is 11.3 Å². The first-order chi connectivity index (χ1) is 6.77. The van der Waals surface area contributed by atoms with Gasteiger partial charge in [0.25, 0.3) is 0 Å². The summed E-state index contributed by atoms with van der Waals surface area (Å²) >= 11 is 1.79. The first-order valence-electron chi connectivity index (χ1n) is 4.63. The smallest absolute Gasteiger partial charge is 0.0984 e. The summed E-state index contributed by atoms with van der Waals surface area (Å²) in [4.78, 5) is 10.9. The van der Waals surface area contributed by atoms with Crippen LogP contribution in [0.15, 0.2) is 30.7 Å². The highest BCUT2D eigenvalue weighted by Crippen LogP contribution is 2.30. The van der Waals surface area contributed by atoms with Gasteiger partial charge in [-0.1, -0.05) is 13.8 Å². The minimum Gasteiger partial charge on any atom is -0.261 e. The highest BCUT2D eigenvalue weighted by molar-refractivity contribution is 7.15. The first-order valence-corrected chi connectivity index (χ1v) is 5.45. The molecule has 0 bridgehead atoms. The van der Waals surface area contributed by atoms with Gasteiger partial charge in [-0.3, -0.25) is 9.97 Å². The average molecular weight is 204 g/mol. The molecule has 0 atom stereocenters. The third kappa shape index (κ3) is 1.82.